The average Bonchev–Trinajstić information content (AvgIpc) is 2.69. The number of allylic oxidation sites excluding steroid dienone is 4. The monoisotopic (exact) mass is 424 g/mol. The molecule has 0 N–H and O–H groups in total. The fourth-order valence-electron chi connectivity index (χ4n) is 5.38. The Morgan fingerprint density at radius 3 is 2.10 bits per heavy atom. The third kappa shape index (κ3) is 6.36. The molecular weight excluding hydrogens is 392 g/mol. The summed E-state index contributed by atoms with van der Waals surface area (Å²) in [6.07, 6.45) is 11.0. The molecule has 2 aliphatic carbocycles. The molecule has 166 valence electrons. The molecule has 0 bridgehead atoms. The number of benzene rings is 1. The lowest BCUT2D eigenvalue weighted by Crippen LogP contribution is -2.25. The van der Waals surface area contributed by atoms with Crippen molar-refractivity contribution in [1.82, 2.24) is 0 Å². The summed E-state index contributed by atoms with van der Waals surface area (Å²) >= 11 is 0. The van der Waals surface area contributed by atoms with Crippen molar-refractivity contribution < 1.29 is 22.3 Å². The van der Waals surface area contributed by atoms with E-state index < -0.39 is 17.9 Å². The van der Waals surface area contributed by atoms with Crippen LogP contribution in [0.15, 0.2) is 42.0 Å². The summed E-state index contributed by atoms with van der Waals surface area (Å²) in [5.41, 5.74) is 2.13. The Morgan fingerprint density at radius 2 is 1.57 bits per heavy atom. The van der Waals surface area contributed by atoms with Crippen LogP contribution in [-0.4, -0.2) is 6.36 Å². The van der Waals surface area contributed by atoms with E-state index in [2.05, 4.69) is 29.9 Å². The van der Waals surface area contributed by atoms with Crippen LogP contribution in [-0.2, 0) is 0 Å². The molecule has 3 rings (SSSR count). The highest BCUT2D eigenvalue weighted by Gasteiger charge is 2.33. The highest BCUT2D eigenvalue weighted by molar-refractivity contribution is 5.31. The summed E-state index contributed by atoms with van der Waals surface area (Å²) in [5.74, 6) is 0.715. The van der Waals surface area contributed by atoms with Gasteiger partial charge in [-0.25, -0.2) is 4.39 Å². The number of halogens is 4. The van der Waals surface area contributed by atoms with Gasteiger partial charge in [0.2, 0.25) is 0 Å². The standard InChI is InChI=1S/C25H32F4O/c1-3-4-17(2)15-18-5-7-19(8-6-18)20-9-11-21(12-10-20)22-13-14-24(23(26)16-22)30-25(27,28)29/h3-4,13-16,18-21H,5-12H2,1-2H3/b4-3?,17-15+. The van der Waals surface area contributed by atoms with Gasteiger partial charge in [-0.2, -0.15) is 0 Å². The second kappa shape index (κ2) is 10.0. The molecule has 0 aliphatic heterocycles. The van der Waals surface area contributed by atoms with Gasteiger partial charge in [0.25, 0.3) is 0 Å². The quantitative estimate of drug-likeness (QED) is 0.341. The minimum absolute atomic E-state index is 0.221. The number of alkyl halides is 3. The Labute approximate surface area is 177 Å². The lowest BCUT2D eigenvalue weighted by molar-refractivity contribution is -0.275. The molecule has 0 radical (unpaired) electrons. The Hall–Kier alpha value is -1.78. The molecule has 2 fully saturated rings. The van der Waals surface area contributed by atoms with Crippen LogP contribution in [0.2, 0.25) is 0 Å². The van der Waals surface area contributed by atoms with Crippen LogP contribution in [0, 0.1) is 23.6 Å². The van der Waals surface area contributed by atoms with Crippen LogP contribution in [0.25, 0.3) is 0 Å². The average molecular weight is 425 g/mol. The van der Waals surface area contributed by atoms with E-state index in [9.17, 15) is 17.6 Å². The highest BCUT2D eigenvalue weighted by Crippen LogP contribution is 2.44. The Bertz CT molecular complexity index is 749. The van der Waals surface area contributed by atoms with Gasteiger partial charge in [0.15, 0.2) is 11.6 Å². The maximum atomic E-state index is 14.0. The molecule has 0 amide bonds. The third-order valence-corrected chi connectivity index (χ3v) is 6.84. The van der Waals surface area contributed by atoms with Crippen molar-refractivity contribution >= 4 is 0 Å². The maximum Gasteiger partial charge on any atom is 0.573 e. The van der Waals surface area contributed by atoms with Gasteiger partial charge in [-0.05, 0) is 107 Å². The van der Waals surface area contributed by atoms with Crippen LogP contribution in [0.5, 0.6) is 5.75 Å². The molecule has 1 aromatic rings. The lowest BCUT2D eigenvalue weighted by Gasteiger charge is -2.37. The first-order valence-electron chi connectivity index (χ1n) is 11.1. The Balaban J connectivity index is 1.50. The van der Waals surface area contributed by atoms with Crippen molar-refractivity contribution in [3.63, 3.8) is 0 Å². The zero-order chi connectivity index (χ0) is 21.7. The van der Waals surface area contributed by atoms with Crippen LogP contribution in [0.4, 0.5) is 17.6 Å². The molecule has 5 heteroatoms. The predicted molar refractivity (Wildman–Crippen MR) is 112 cm³/mol. The molecule has 1 aromatic carbocycles. The van der Waals surface area contributed by atoms with Gasteiger partial charge in [0.05, 0.1) is 0 Å². The predicted octanol–water partition coefficient (Wildman–Crippen LogP) is 8.33. The normalized spacial score (nSPS) is 28.7. The van der Waals surface area contributed by atoms with E-state index in [0.717, 1.165) is 49.1 Å². The molecule has 0 heterocycles. The third-order valence-electron chi connectivity index (χ3n) is 6.84. The number of rotatable bonds is 5. The van der Waals surface area contributed by atoms with Crippen molar-refractivity contribution in [1.29, 1.82) is 0 Å². The topological polar surface area (TPSA) is 9.23 Å². The lowest BCUT2D eigenvalue weighted by atomic mass is 9.68. The maximum absolute atomic E-state index is 14.0. The summed E-state index contributed by atoms with van der Waals surface area (Å²) in [5, 5.41) is 0. The summed E-state index contributed by atoms with van der Waals surface area (Å²) in [6.45, 7) is 4.21. The van der Waals surface area contributed by atoms with E-state index in [1.807, 2.05) is 6.92 Å². The molecule has 0 spiro atoms. The Morgan fingerprint density at radius 1 is 0.967 bits per heavy atom. The van der Waals surface area contributed by atoms with Gasteiger partial charge in [-0.1, -0.05) is 29.9 Å². The fraction of sp³-hybridized carbons (Fsp3) is 0.600. The van der Waals surface area contributed by atoms with E-state index in [1.165, 1.54) is 37.3 Å². The van der Waals surface area contributed by atoms with Gasteiger partial charge in [0, 0.05) is 0 Å². The molecule has 0 unspecified atom stereocenters. The van der Waals surface area contributed by atoms with Gasteiger partial charge < -0.3 is 4.74 Å². The second-order valence-corrected chi connectivity index (χ2v) is 8.93. The molecule has 0 atom stereocenters. The molecule has 2 saturated carbocycles. The van der Waals surface area contributed by atoms with Gasteiger partial charge in [-0.15, -0.1) is 13.2 Å². The van der Waals surface area contributed by atoms with Gasteiger partial charge in [0.1, 0.15) is 0 Å². The zero-order valence-corrected chi connectivity index (χ0v) is 17.9. The van der Waals surface area contributed by atoms with E-state index in [4.69, 9.17) is 0 Å². The van der Waals surface area contributed by atoms with Crippen LogP contribution < -0.4 is 4.74 Å². The number of ether oxygens (including phenoxy) is 1. The van der Waals surface area contributed by atoms with E-state index in [0.29, 0.717) is 5.92 Å². The molecule has 2 aliphatic rings. The highest BCUT2D eigenvalue weighted by atomic mass is 19.4. The van der Waals surface area contributed by atoms with Crippen molar-refractivity contribution in [2.75, 3.05) is 0 Å². The first kappa shape index (κ1) is 22.9. The minimum atomic E-state index is -4.87. The van der Waals surface area contributed by atoms with Gasteiger partial charge >= 0.3 is 6.36 Å². The fourth-order valence-corrected chi connectivity index (χ4v) is 5.38. The largest absolute Gasteiger partial charge is 0.573 e. The summed E-state index contributed by atoms with van der Waals surface area (Å²) in [6, 6.07) is 3.91. The minimum Gasteiger partial charge on any atom is -0.403 e. The molecule has 1 nitrogen and oxygen atoms in total. The van der Waals surface area contributed by atoms with Crippen molar-refractivity contribution in [2.24, 2.45) is 17.8 Å². The molecular formula is C25H32F4O. The van der Waals surface area contributed by atoms with Crippen molar-refractivity contribution in [3.05, 3.63) is 53.4 Å². The van der Waals surface area contributed by atoms with Crippen molar-refractivity contribution in [3.8, 4) is 5.75 Å². The van der Waals surface area contributed by atoms with E-state index in [-0.39, 0.29) is 5.92 Å². The number of hydrogen-bond donors (Lipinski definition) is 0. The zero-order valence-electron chi connectivity index (χ0n) is 17.9. The molecule has 30 heavy (non-hydrogen) atoms. The summed E-state index contributed by atoms with van der Waals surface area (Å²) in [7, 11) is 0. The Kier molecular flexibility index (Phi) is 7.65. The van der Waals surface area contributed by atoms with Crippen LogP contribution in [0.1, 0.15) is 76.7 Å². The van der Waals surface area contributed by atoms with E-state index >= 15 is 0 Å². The van der Waals surface area contributed by atoms with Gasteiger partial charge in [-0.3, -0.25) is 0 Å². The first-order chi connectivity index (χ1) is 14.2. The van der Waals surface area contributed by atoms with Crippen LogP contribution >= 0.6 is 0 Å². The SMILES string of the molecule is CC=C/C(C)=C/C1CCC(C2CCC(c3ccc(OC(F)(F)F)c(F)c3)CC2)CC1. The van der Waals surface area contributed by atoms with Crippen molar-refractivity contribution in [2.45, 2.75) is 77.5 Å². The number of hydrogen-bond acceptors (Lipinski definition) is 1. The smallest absolute Gasteiger partial charge is 0.403 e. The van der Waals surface area contributed by atoms with E-state index in [1.54, 1.807) is 6.07 Å². The first-order valence-corrected chi connectivity index (χ1v) is 11.1. The summed E-state index contributed by atoms with van der Waals surface area (Å²) in [4.78, 5) is 0. The molecule has 0 aromatic heterocycles. The van der Waals surface area contributed by atoms with Crippen LogP contribution in [0.3, 0.4) is 0 Å². The molecule has 0 saturated heterocycles. The second-order valence-electron chi connectivity index (χ2n) is 8.93. The summed E-state index contributed by atoms with van der Waals surface area (Å²) < 4.78 is 54.7.